The maximum atomic E-state index is 14.2. The molecule has 2 aromatic carbocycles. The molecule has 3 aromatic rings. The number of nitrogens with one attached hydrogen (secondary N) is 2. The molecule has 3 heterocycles. The van der Waals surface area contributed by atoms with Crippen molar-refractivity contribution in [3.8, 4) is 0 Å². The molecular weight excluding hydrogens is 441 g/mol. The van der Waals surface area contributed by atoms with Crippen molar-refractivity contribution in [3.05, 3.63) is 66.1 Å². The molecule has 6 nitrogen and oxygen atoms in total. The predicted octanol–water partition coefficient (Wildman–Crippen LogP) is 5.60. The highest BCUT2D eigenvalue weighted by Gasteiger charge is 2.53. The van der Waals surface area contributed by atoms with Crippen molar-refractivity contribution in [2.45, 2.75) is 63.1 Å². The number of carbonyl (C=O) groups excluding carboxylic acids is 1. The van der Waals surface area contributed by atoms with Crippen LogP contribution in [0, 0.1) is 5.82 Å². The third-order valence-electron chi connectivity index (χ3n) is 7.96. The van der Waals surface area contributed by atoms with Gasteiger partial charge in [-0.1, -0.05) is 31.4 Å². The summed E-state index contributed by atoms with van der Waals surface area (Å²) in [4.78, 5) is 25.9. The van der Waals surface area contributed by atoms with E-state index in [1.54, 1.807) is 11.0 Å². The first-order valence-electron chi connectivity index (χ1n) is 12.8. The van der Waals surface area contributed by atoms with Crippen LogP contribution >= 0.6 is 0 Å². The SMILES string of the molecule is O=C1NC(=NC2CCCCC2)C2(CCN(Cc3ccc4[nH]ccc4c3)CC2)N1c1cccc(F)c1. The summed E-state index contributed by atoms with van der Waals surface area (Å²) < 4.78 is 14.2. The van der Waals surface area contributed by atoms with E-state index < -0.39 is 5.54 Å². The van der Waals surface area contributed by atoms with Crippen LogP contribution in [-0.2, 0) is 6.54 Å². The number of aromatic amines is 1. The number of halogens is 1. The molecule has 1 aromatic heterocycles. The van der Waals surface area contributed by atoms with Gasteiger partial charge >= 0.3 is 6.03 Å². The van der Waals surface area contributed by atoms with Gasteiger partial charge in [0.05, 0.1) is 6.04 Å². The third kappa shape index (κ3) is 4.22. The van der Waals surface area contributed by atoms with Crippen molar-refractivity contribution in [3.63, 3.8) is 0 Å². The summed E-state index contributed by atoms with van der Waals surface area (Å²) >= 11 is 0. The quantitative estimate of drug-likeness (QED) is 0.518. The van der Waals surface area contributed by atoms with Crippen LogP contribution < -0.4 is 10.2 Å². The van der Waals surface area contributed by atoms with Gasteiger partial charge < -0.3 is 4.98 Å². The number of aliphatic imine (C=N–C) groups is 1. The largest absolute Gasteiger partial charge is 0.361 e. The Hall–Kier alpha value is -3.19. The first kappa shape index (κ1) is 22.3. The van der Waals surface area contributed by atoms with Crippen LogP contribution in [0.4, 0.5) is 14.9 Å². The van der Waals surface area contributed by atoms with Crippen LogP contribution in [0.2, 0.25) is 0 Å². The summed E-state index contributed by atoms with van der Waals surface area (Å²) in [6.07, 6.45) is 9.28. The monoisotopic (exact) mass is 473 g/mol. The summed E-state index contributed by atoms with van der Waals surface area (Å²) in [6.45, 7) is 2.55. The molecule has 3 aliphatic rings. The molecule has 0 radical (unpaired) electrons. The van der Waals surface area contributed by atoms with Crippen molar-refractivity contribution in [1.29, 1.82) is 0 Å². The van der Waals surface area contributed by atoms with Gasteiger partial charge in [0.1, 0.15) is 17.2 Å². The fourth-order valence-corrected chi connectivity index (χ4v) is 6.10. The Balaban J connectivity index is 1.27. The molecule has 7 heteroatoms. The van der Waals surface area contributed by atoms with Gasteiger partial charge in [0.15, 0.2) is 0 Å². The van der Waals surface area contributed by atoms with Crippen molar-refractivity contribution in [1.82, 2.24) is 15.2 Å². The van der Waals surface area contributed by atoms with Gasteiger partial charge in [0.25, 0.3) is 0 Å². The Morgan fingerprint density at radius 1 is 1.03 bits per heavy atom. The van der Waals surface area contributed by atoms with Crippen LogP contribution in [-0.4, -0.2) is 46.4 Å². The highest BCUT2D eigenvalue weighted by molar-refractivity contribution is 6.19. The van der Waals surface area contributed by atoms with Crippen LogP contribution in [0.15, 0.2) is 59.7 Å². The van der Waals surface area contributed by atoms with Gasteiger partial charge in [-0.05, 0) is 73.0 Å². The zero-order valence-corrected chi connectivity index (χ0v) is 20.0. The summed E-state index contributed by atoms with van der Waals surface area (Å²) in [5.74, 6) is 0.452. The third-order valence-corrected chi connectivity index (χ3v) is 7.96. The summed E-state index contributed by atoms with van der Waals surface area (Å²) in [6, 6.07) is 15.1. The lowest BCUT2D eigenvalue weighted by molar-refractivity contribution is 0.184. The van der Waals surface area contributed by atoms with E-state index in [-0.39, 0.29) is 17.9 Å². The molecule has 1 spiro atoms. The van der Waals surface area contributed by atoms with E-state index in [1.807, 2.05) is 12.3 Å². The highest BCUT2D eigenvalue weighted by atomic mass is 19.1. The number of amidine groups is 1. The molecule has 2 N–H and O–H groups in total. The number of rotatable bonds is 4. The summed E-state index contributed by atoms with van der Waals surface area (Å²) in [5, 5.41) is 4.33. The van der Waals surface area contributed by atoms with E-state index in [1.165, 1.54) is 42.3 Å². The van der Waals surface area contributed by atoms with Crippen molar-refractivity contribution in [2.75, 3.05) is 18.0 Å². The van der Waals surface area contributed by atoms with Gasteiger partial charge in [0.2, 0.25) is 0 Å². The maximum absolute atomic E-state index is 14.2. The first-order valence-corrected chi connectivity index (χ1v) is 12.8. The van der Waals surface area contributed by atoms with Crippen molar-refractivity contribution in [2.24, 2.45) is 4.99 Å². The molecule has 0 atom stereocenters. The standard InChI is InChI=1S/C28H32FN5O/c29-22-5-4-8-24(18-22)34-27(35)32-26(31-23-6-2-1-3-7-23)28(34)12-15-33(16-13-28)19-20-9-10-25-21(17-20)11-14-30-25/h4-5,8-11,14,17-18,23,30H,1-3,6-7,12-13,15-16,19H2,(H,31,32,35). The summed E-state index contributed by atoms with van der Waals surface area (Å²) in [7, 11) is 0. The minimum Gasteiger partial charge on any atom is -0.361 e. The van der Waals surface area contributed by atoms with Crippen LogP contribution in [0.5, 0.6) is 0 Å². The smallest absolute Gasteiger partial charge is 0.328 e. The van der Waals surface area contributed by atoms with Gasteiger partial charge in [-0.2, -0.15) is 0 Å². The number of benzene rings is 2. The number of carbonyl (C=O) groups is 1. The summed E-state index contributed by atoms with van der Waals surface area (Å²) in [5.41, 5.74) is 2.48. The Labute approximate surface area is 205 Å². The number of hydrogen-bond acceptors (Lipinski definition) is 3. The zero-order chi connectivity index (χ0) is 23.8. The maximum Gasteiger partial charge on any atom is 0.328 e. The second-order valence-electron chi connectivity index (χ2n) is 10.2. The predicted molar refractivity (Wildman–Crippen MR) is 137 cm³/mol. The second kappa shape index (κ2) is 9.11. The number of aromatic nitrogens is 1. The number of likely N-dealkylation sites (tertiary alicyclic amines) is 1. The normalized spacial score (nSPS) is 22.4. The molecule has 2 saturated heterocycles. The van der Waals surface area contributed by atoms with E-state index in [0.29, 0.717) is 5.69 Å². The topological polar surface area (TPSA) is 63.7 Å². The minimum absolute atomic E-state index is 0.198. The number of nitrogens with zero attached hydrogens (tertiary/aromatic N) is 3. The van der Waals surface area contributed by atoms with Crippen LogP contribution in [0.1, 0.15) is 50.5 Å². The Morgan fingerprint density at radius 2 is 1.86 bits per heavy atom. The Bertz CT molecular complexity index is 1250. The van der Waals surface area contributed by atoms with E-state index in [9.17, 15) is 9.18 Å². The molecule has 2 amide bonds. The fraction of sp³-hybridized carbons (Fsp3) is 0.429. The molecule has 6 rings (SSSR count). The zero-order valence-electron chi connectivity index (χ0n) is 20.0. The molecule has 0 bridgehead atoms. The number of urea groups is 1. The number of fused-ring (bicyclic) bond motifs is 1. The molecule has 1 aliphatic carbocycles. The van der Waals surface area contributed by atoms with E-state index in [2.05, 4.69) is 39.5 Å². The van der Waals surface area contributed by atoms with E-state index in [0.717, 1.165) is 56.7 Å². The lowest BCUT2D eigenvalue weighted by Crippen LogP contribution is -2.57. The molecule has 2 aliphatic heterocycles. The number of hydrogen-bond donors (Lipinski definition) is 2. The average molecular weight is 474 g/mol. The molecule has 0 unspecified atom stereocenters. The van der Waals surface area contributed by atoms with Gasteiger partial charge in [-0.15, -0.1) is 0 Å². The number of H-pyrrole nitrogens is 1. The van der Waals surface area contributed by atoms with Crippen LogP contribution in [0.25, 0.3) is 10.9 Å². The Kier molecular flexibility index (Phi) is 5.80. The molecule has 182 valence electrons. The molecule has 3 fully saturated rings. The lowest BCUT2D eigenvalue weighted by atomic mass is 9.84. The van der Waals surface area contributed by atoms with Gasteiger partial charge in [0, 0.05) is 37.0 Å². The van der Waals surface area contributed by atoms with E-state index in [4.69, 9.17) is 4.99 Å². The molecule has 35 heavy (non-hydrogen) atoms. The highest BCUT2D eigenvalue weighted by Crippen LogP contribution is 2.39. The lowest BCUT2D eigenvalue weighted by Gasteiger charge is -2.44. The molecule has 1 saturated carbocycles. The minimum atomic E-state index is -0.552. The number of anilines is 1. The fourth-order valence-electron chi connectivity index (χ4n) is 6.10. The van der Waals surface area contributed by atoms with Gasteiger partial charge in [-0.3, -0.25) is 20.1 Å². The first-order chi connectivity index (χ1) is 17.1. The Morgan fingerprint density at radius 3 is 2.66 bits per heavy atom. The van der Waals surface area contributed by atoms with Gasteiger partial charge in [-0.25, -0.2) is 9.18 Å². The van der Waals surface area contributed by atoms with Crippen molar-refractivity contribution >= 4 is 28.5 Å². The van der Waals surface area contributed by atoms with E-state index >= 15 is 0 Å². The second-order valence-corrected chi connectivity index (χ2v) is 10.2. The number of piperidine rings is 1. The average Bonchev–Trinajstić information content (AvgIpc) is 3.43. The van der Waals surface area contributed by atoms with Crippen molar-refractivity contribution < 1.29 is 9.18 Å². The van der Waals surface area contributed by atoms with Crippen LogP contribution in [0.3, 0.4) is 0 Å². The molecular formula is C28H32FN5O. The number of amides is 2.